The Labute approximate surface area is 159 Å². The van der Waals surface area contributed by atoms with Crippen molar-refractivity contribution in [2.45, 2.75) is 39.2 Å². The normalized spacial score (nSPS) is 15.1. The molecule has 1 aliphatic heterocycles. The summed E-state index contributed by atoms with van der Waals surface area (Å²) in [5, 5.41) is 0. The maximum Gasteiger partial charge on any atom is 0.270 e. The number of carbonyl (C=O) groups is 2. The number of hydrogen-bond donors (Lipinski definition) is 0. The van der Waals surface area contributed by atoms with Crippen molar-refractivity contribution in [2.24, 2.45) is 0 Å². The third kappa shape index (κ3) is 4.30. The molecule has 0 N–H and O–H groups in total. The van der Waals surface area contributed by atoms with Crippen LogP contribution in [0, 0.1) is 0 Å². The number of benzene rings is 2. The van der Waals surface area contributed by atoms with Crippen LogP contribution in [0.2, 0.25) is 0 Å². The van der Waals surface area contributed by atoms with E-state index in [0.717, 1.165) is 18.6 Å². The highest BCUT2D eigenvalue weighted by molar-refractivity contribution is 6.04. The third-order valence-corrected chi connectivity index (χ3v) is 4.57. The van der Waals surface area contributed by atoms with Gasteiger partial charge in [0.05, 0.1) is 12.3 Å². The van der Waals surface area contributed by atoms with Gasteiger partial charge in [0.1, 0.15) is 11.5 Å². The lowest BCUT2D eigenvalue weighted by atomic mass is 10.0. The van der Waals surface area contributed by atoms with Crippen LogP contribution in [0.25, 0.3) is 0 Å². The predicted molar refractivity (Wildman–Crippen MR) is 105 cm³/mol. The summed E-state index contributed by atoms with van der Waals surface area (Å²) in [6.07, 6.45) is 1.61. The van der Waals surface area contributed by atoms with Crippen LogP contribution in [0.5, 0.6) is 11.5 Å². The number of rotatable bonds is 7. The second-order valence-electron chi connectivity index (χ2n) is 7.18. The van der Waals surface area contributed by atoms with Crippen LogP contribution in [-0.2, 0) is 4.79 Å². The van der Waals surface area contributed by atoms with Gasteiger partial charge < -0.3 is 14.4 Å². The summed E-state index contributed by atoms with van der Waals surface area (Å²) in [6.45, 7) is 6.19. The number of para-hydroxylation sites is 1. The molecule has 1 heterocycles. The van der Waals surface area contributed by atoms with Crippen LogP contribution in [0.15, 0.2) is 48.5 Å². The van der Waals surface area contributed by atoms with E-state index in [1.54, 1.807) is 36.9 Å². The molecule has 0 spiro atoms. The third-order valence-electron chi connectivity index (χ3n) is 4.57. The molecule has 5 nitrogen and oxygen atoms in total. The Morgan fingerprint density at radius 2 is 1.85 bits per heavy atom. The molecule has 0 atom stereocenters. The first-order chi connectivity index (χ1) is 12.9. The summed E-state index contributed by atoms with van der Waals surface area (Å²) in [4.78, 5) is 26.3. The quantitative estimate of drug-likeness (QED) is 0.542. The smallest absolute Gasteiger partial charge is 0.270 e. The Bertz CT molecular complexity index is 829. The van der Waals surface area contributed by atoms with Crippen molar-refractivity contribution in [3.63, 3.8) is 0 Å². The van der Waals surface area contributed by atoms with Gasteiger partial charge in [-0.3, -0.25) is 9.59 Å². The molecule has 3 rings (SSSR count). The van der Waals surface area contributed by atoms with Gasteiger partial charge in [-0.15, -0.1) is 0 Å². The van der Waals surface area contributed by atoms with Crippen LogP contribution in [0.3, 0.4) is 0 Å². The first kappa shape index (κ1) is 19.0. The lowest BCUT2D eigenvalue weighted by Crippen LogP contribution is -2.52. The fourth-order valence-corrected chi connectivity index (χ4v) is 3.09. The highest BCUT2D eigenvalue weighted by Gasteiger charge is 2.40. The Morgan fingerprint density at radius 1 is 1.11 bits per heavy atom. The monoisotopic (exact) mass is 367 g/mol. The second-order valence-corrected chi connectivity index (χ2v) is 7.18. The highest BCUT2D eigenvalue weighted by Crippen LogP contribution is 2.38. The Hall–Kier alpha value is -2.82. The van der Waals surface area contributed by atoms with Gasteiger partial charge in [0, 0.05) is 12.1 Å². The van der Waals surface area contributed by atoms with Gasteiger partial charge in [-0.1, -0.05) is 18.2 Å². The molecule has 0 saturated heterocycles. The number of ether oxygens (including phenoxy) is 2. The van der Waals surface area contributed by atoms with Gasteiger partial charge in [0.2, 0.25) is 0 Å². The molecule has 5 heteroatoms. The minimum Gasteiger partial charge on any atom is -0.494 e. The maximum absolute atomic E-state index is 12.9. The van der Waals surface area contributed by atoms with E-state index in [-0.39, 0.29) is 11.7 Å². The number of fused-ring (bicyclic) bond motifs is 1. The predicted octanol–water partition coefficient (Wildman–Crippen LogP) is 4.25. The van der Waals surface area contributed by atoms with E-state index in [4.69, 9.17) is 9.47 Å². The average molecular weight is 367 g/mol. The molecule has 1 amide bonds. The Kier molecular flexibility index (Phi) is 5.49. The molecular formula is C22H25NO4. The highest BCUT2D eigenvalue weighted by atomic mass is 16.5. The summed E-state index contributed by atoms with van der Waals surface area (Å²) in [6, 6.07) is 14.9. The van der Waals surface area contributed by atoms with E-state index in [1.165, 1.54) is 6.92 Å². The molecule has 0 radical (unpaired) electrons. The number of anilines is 1. The number of nitrogens with zero attached hydrogens (tertiary/aromatic N) is 1. The maximum atomic E-state index is 12.9. The van der Waals surface area contributed by atoms with Crippen LogP contribution in [0.1, 0.15) is 44.0 Å². The number of Topliss-reactive ketones (excluding diaryl/α,β-unsaturated/α-hetero) is 1. The number of amides is 1. The van der Waals surface area contributed by atoms with E-state index < -0.39 is 5.60 Å². The first-order valence-electron chi connectivity index (χ1n) is 9.22. The summed E-state index contributed by atoms with van der Waals surface area (Å²) in [5.74, 6) is 1.34. The average Bonchev–Trinajstić information content (AvgIpc) is 2.64. The van der Waals surface area contributed by atoms with E-state index >= 15 is 0 Å². The van der Waals surface area contributed by atoms with Gasteiger partial charge >= 0.3 is 0 Å². The fraction of sp³-hybridized carbons (Fsp3) is 0.364. The Balaban J connectivity index is 1.67. The fourth-order valence-electron chi connectivity index (χ4n) is 3.09. The van der Waals surface area contributed by atoms with E-state index in [9.17, 15) is 9.59 Å². The van der Waals surface area contributed by atoms with Crippen molar-refractivity contribution in [3.8, 4) is 11.5 Å². The van der Waals surface area contributed by atoms with Crippen LogP contribution >= 0.6 is 0 Å². The molecule has 27 heavy (non-hydrogen) atoms. The molecule has 0 unspecified atom stereocenters. The van der Waals surface area contributed by atoms with Crippen molar-refractivity contribution < 1.29 is 19.1 Å². The minimum atomic E-state index is -0.925. The summed E-state index contributed by atoms with van der Waals surface area (Å²) >= 11 is 0. The number of hydrogen-bond acceptors (Lipinski definition) is 4. The molecule has 0 aliphatic carbocycles. The molecule has 2 aromatic carbocycles. The van der Waals surface area contributed by atoms with Gasteiger partial charge in [-0.05, 0) is 63.9 Å². The number of ketones is 1. The van der Waals surface area contributed by atoms with Gasteiger partial charge in [-0.25, -0.2) is 0 Å². The van der Waals surface area contributed by atoms with Crippen molar-refractivity contribution in [3.05, 3.63) is 54.1 Å². The molecule has 0 bridgehead atoms. The molecule has 0 saturated carbocycles. The lowest BCUT2D eigenvalue weighted by Gasteiger charge is -2.39. The SMILES string of the molecule is CC(=O)c1ccc2c(c1)N(CCCCOc1ccccc1)C(=O)C(C)(C)O2. The lowest BCUT2D eigenvalue weighted by molar-refractivity contribution is -0.132. The molecule has 2 aromatic rings. The zero-order chi connectivity index (χ0) is 19.4. The van der Waals surface area contributed by atoms with Crippen LogP contribution < -0.4 is 14.4 Å². The van der Waals surface area contributed by atoms with E-state index in [2.05, 4.69) is 0 Å². The summed E-state index contributed by atoms with van der Waals surface area (Å²) in [5.41, 5.74) is 0.309. The molecule has 142 valence electrons. The van der Waals surface area contributed by atoms with Crippen molar-refractivity contribution in [1.82, 2.24) is 0 Å². The Morgan fingerprint density at radius 3 is 2.56 bits per heavy atom. The molecule has 0 aromatic heterocycles. The molecule has 1 aliphatic rings. The van der Waals surface area contributed by atoms with Crippen molar-refractivity contribution >= 4 is 17.4 Å². The van der Waals surface area contributed by atoms with E-state index in [1.807, 2.05) is 30.3 Å². The minimum absolute atomic E-state index is 0.0358. The van der Waals surface area contributed by atoms with Crippen molar-refractivity contribution in [1.29, 1.82) is 0 Å². The zero-order valence-electron chi connectivity index (χ0n) is 16.0. The molecule has 0 fully saturated rings. The first-order valence-corrected chi connectivity index (χ1v) is 9.22. The van der Waals surface area contributed by atoms with E-state index in [0.29, 0.717) is 30.2 Å². The largest absolute Gasteiger partial charge is 0.494 e. The second kappa shape index (κ2) is 7.82. The van der Waals surface area contributed by atoms with Gasteiger partial charge in [0.25, 0.3) is 5.91 Å². The van der Waals surface area contributed by atoms with Gasteiger partial charge in [0.15, 0.2) is 11.4 Å². The number of carbonyl (C=O) groups excluding carboxylic acids is 2. The number of unbranched alkanes of at least 4 members (excludes halogenated alkanes) is 1. The standard InChI is InChI=1S/C22H25NO4/c1-16(24)17-11-12-20-19(15-17)23(21(25)22(2,3)27-20)13-7-8-14-26-18-9-5-4-6-10-18/h4-6,9-12,15H,7-8,13-14H2,1-3H3. The zero-order valence-corrected chi connectivity index (χ0v) is 16.0. The van der Waals surface area contributed by atoms with Crippen LogP contribution in [0.4, 0.5) is 5.69 Å². The van der Waals surface area contributed by atoms with Crippen molar-refractivity contribution in [2.75, 3.05) is 18.1 Å². The topological polar surface area (TPSA) is 55.8 Å². The molecular weight excluding hydrogens is 342 g/mol. The van der Waals surface area contributed by atoms with Gasteiger partial charge in [-0.2, -0.15) is 0 Å². The van der Waals surface area contributed by atoms with Crippen LogP contribution in [-0.4, -0.2) is 30.4 Å². The summed E-state index contributed by atoms with van der Waals surface area (Å²) < 4.78 is 11.6. The summed E-state index contributed by atoms with van der Waals surface area (Å²) in [7, 11) is 0.